The Morgan fingerprint density at radius 3 is 2.41 bits per heavy atom. The second kappa shape index (κ2) is 15.9. The lowest BCUT2D eigenvalue weighted by molar-refractivity contribution is 0.0888. The highest BCUT2D eigenvalue weighted by Crippen LogP contribution is 2.38. The number of nitrogens with one attached hydrogen (secondary N) is 1. The number of anilines is 1. The van der Waals surface area contributed by atoms with E-state index in [1.807, 2.05) is 13.0 Å². The summed E-state index contributed by atoms with van der Waals surface area (Å²) in [7, 11) is 0. The summed E-state index contributed by atoms with van der Waals surface area (Å²) < 4.78 is 8.25. The number of fused-ring (bicyclic) bond motifs is 3. The minimum atomic E-state index is -0.215. The number of carbonyl (C=O) groups is 1. The van der Waals surface area contributed by atoms with Crippen molar-refractivity contribution in [3.8, 4) is 28.7 Å². The molecule has 3 aromatic heterocycles. The minimum Gasteiger partial charge on any atom is -0.490 e. The zero-order valence-electron chi connectivity index (χ0n) is 31.8. The molecule has 0 radical (unpaired) electrons. The van der Waals surface area contributed by atoms with Crippen LogP contribution >= 0.6 is 22.9 Å². The van der Waals surface area contributed by atoms with Gasteiger partial charge in [-0.25, -0.2) is 0 Å². The zero-order chi connectivity index (χ0) is 38.9. The third-order valence-electron chi connectivity index (χ3n) is 11.0. The molecule has 56 heavy (non-hydrogen) atoms. The van der Waals surface area contributed by atoms with Gasteiger partial charge in [0.15, 0.2) is 17.3 Å². The molecule has 0 unspecified atom stereocenters. The quantitative estimate of drug-likeness (QED) is 0.172. The maximum Gasteiger partial charge on any atom is 0.272 e. The van der Waals surface area contributed by atoms with Crippen molar-refractivity contribution in [2.45, 2.75) is 84.4 Å². The van der Waals surface area contributed by atoms with Gasteiger partial charge < -0.3 is 15.0 Å². The summed E-state index contributed by atoms with van der Waals surface area (Å²) in [6.45, 7) is 10.1. The molecule has 1 atom stereocenters. The Morgan fingerprint density at radius 2 is 1.71 bits per heavy atom. The van der Waals surface area contributed by atoms with E-state index in [2.05, 4.69) is 98.1 Å². The molecule has 1 aliphatic carbocycles. The lowest BCUT2D eigenvalue weighted by Gasteiger charge is -2.30. The lowest BCUT2D eigenvalue weighted by Crippen LogP contribution is -2.40. The van der Waals surface area contributed by atoms with Crippen molar-refractivity contribution in [2.75, 3.05) is 18.0 Å². The molecule has 284 valence electrons. The number of halogens is 1. The van der Waals surface area contributed by atoms with Crippen molar-refractivity contribution in [3.63, 3.8) is 0 Å². The van der Waals surface area contributed by atoms with Crippen molar-refractivity contribution in [1.29, 1.82) is 5.26 Å². The Morgan fingerprint density at radius 1 is 0.946 bits per heavy atom. The Kier molecular flexibility index (Phi) is 10.6. The fourth-order valence-corrected chi connectivity index (χ4v) is 9.11. The molecule has 2 aliphatic heterocycles. The molecule has 11 nitrogen and oxygen atoms in total. The zero-order valence-corrected chi connectivity index (χ0v) is 33.4. The molecule has 1 saturated heterocycles. The number of benzene rings is 2. The number of hydrogen-bond acceptors (Lipinski definition) is 10. The fourth-order valence-electron chi connectivity index (χ4n) is 7.68. The summed E-state index contributed by atoms with van der Waals surface area (Å²) in [6.07, 6.45) is 5.09. The summed E-state index contributed by atoms with van der Waals surface area (Å²) in [6, 6.07) is 19.2. The minimum absolute atomic E-state index is 0.0321. The first-order chi connectivity index (χ1) is 27.1. The van der Waals surface area contributed by atoms with E-state index in [9.17, 15) is 4.79 Å². The van der Waals surface area contributed by atoms with E-state index in [4.69, 9.17) is 26.6 Å². The van der Waals surface area contributed by atoms with Gasteiger partial charge in [-0.05, 0) is 108 Å². The normalized spacial score (nSPS) is 19.4. The standard InChI is InChI=1S/C43H42ClN9O2S/c1-25-27(3)56-43-39(25)40(46-26(2)41-51-48-28(4)53(41)43)31-9-7-29(8-10-31)5-6-30-19-21-52(22-20-30)38-18-17-37(49-50-38)42(54)47-33-12-15-34(16-13-33)55-35-14-11-32(24-45)36(44)23-35/h7-11,14,17-18,23,26,30,33-34H,12-13,15-16,19-22H2,1-4H3,(H,47,54)/t26-,33-,34-/m0/s1. The van der Waals surface area contributed by atoms with Gasteiger partial charge in [0.2, 0.25) is 0 Å². The van der Waals surface area contributed by atoms with E-state index in [-0.39, 0.29) is 30.0 Å². The highest BCUT2D eigenvalue weighted by molar-refractivity contribution is 7.15. The lowest BCUT2D eigenvalue weighted by atomic mass is 9.93. The number of piperidine rings is 1. The molecule has 1 saturated carbocycles. The number of aryl methyl sites for hydroxylation is 2. The predicted molar refractivity (Wildman–Crippen MR) is 218 cm³/mol. The predicted octanol–water partition coefficient (Wildman–Crippen LogP) is 7.87. The van der Waals surface area contributed by atoms with Gasteiger partial charge in [0.05, 0.1) is 22.4 Å². The number of rotatable bonds is 6. The van der Waals surface area contributed by atoms with Gasteiger partial charge in [-0.15, -0.1) is 31.7 Å². The molecule has 1 amide bonds. The van der Waals surface area contributed by atoms with Crippen molar-refractivity contribution >= 4 is 40.4 Å². The molecule has 3 aliphatic rings. The van der Waals surface area contributed by atoms with E-state index in [0.29, 0.717) is 22.0 Å². The van der Waals surface area contributed by atoms with E-state index >= 15 is 0 Å². The number of aliphatic imine (C=N–C) groups is 1. The number of nitrogens with zero attached hydrogens (tertiary/aromatic N) is 8. The van der Waals surface area contributed by atoms with E-state index in [0.717, 1.165) is 96.5 Å². The topological polar surface area (TPSA) is 134 Å². The number of carbonyl (C=O) groups excluding carboxylic acids is 1. The van der Waals surface area contributed by atoms with Gasteiger partial charge >= 0.3 is 0 Å². The van der Waals surface area contributed by atoms with Crippen LogP contribution in [0.5, 0.6) is 5.75 Å². The first-order valence-corrected chi connectivity index (χ1v) is 20.3. The Hall–Kier alpha value is -5.56. The third-order valence-corrected chi connectivity index (χ3v) is 12.5. The molecule has 5 aromatic rings. The number of hydrogen-bond donors (Lipinski definition) is 1. The smallest absolute Gasteiger partial charge is 0.272 e. The van der Waals surface area contributed by atoms with Crippen molar-refractivity contribution in [1.82, 2.24) is 30.3 Å². The number of nitriles is 1. The largest absolute Gasteiger partial charge is 0.490 e. The number of thiophene rings is 1. The molecular formula is C43H42ClN9O2S. The van der Waals surface area contributed by atoms with Crippen molar-refractivity contribution in [2.24, 2.45) is 10.9 Å². The first kappa shape index (κ1) is 37.4. The average molecular weight is 784 g/mol. The fraction of sp³-hybridized carbons (Fsp3) is 0.372. The first-order valence-electron chi connectivity index (χ1n) is 19.1. The van der Waals surface area contributed by atoms with E-state index in [1.165, 1.54) is 10.4 Å². The average Bonchev–Trinajstić information content (AvgIpc) is 3.70. The maximum absolute atomic E-state index is 13.0. The van der Waals surface area contributed by atoms with Crippen LogP contribution in [-0.2, 0) is 0 Å². The van der Waals surface area contributed by atoms with E-state index in [1.54, 1.807) is 35.6 Å². The van der Waals surface area contributed by atoms with Gasteiger partial charge in [0.25, 0.3) is 5.91 Å². The summed E-state index contributed by atoms with van der Waals surface area (Å²) in [5, 5.41) is 31.3. The van der Waals surface area contributed by atoms with Crippen LogP contribution < -0.4 is 15.0 Å². The molecule has 13 heteroatoms. The van der Waals surface area contributed by atoms with Crippen LogP contribution in [0.15, 0.2) is 59.6 Å². The van der Waals surface area contributed by atoms with Crippen LogP contribution in [0.1, 0.15) is 106 Å². The Bertz CT molecular complexity index is 2400. The third kappa shape index (κ3) is 7.64. The maximum atomic E-state index is 13.0. The van der Waals surface area contributed by atoms with Crippen LogP contribution in [0.25, 0.3) is 5.00 Å². The van der Waals surface area contributed by atoms with Crippen LogP contribution in [0.4, 0.5) is 5.82 Å². The molecule has 1 N–H and O–H groups in total. The highest BCUT2D eigenvalue weighted by atomic mass is 35.5. The number of aromatic nitrogens is 5. The molecule has 5 heterocycles. The summed E-state index contributed by atoms with van der Waals surface area (Å²) in [4.78, 5) is 21.7. The second-order valence-corrected chi connectivity index (χ2v) is 16.4. The van der Waals surface area contributed by atoms with Gasteiger partial charge in [-0.3, -0.25) is 14.4 Å². The van der Waals surface area contributed by atoms with Crippen molar-refractivity contribution in [3.05, 3.63) is 110 Å². The Balaban J connectivity index is 0.824. The van der Waals surface area contributed by atoms with Gasteiger partial charge in [-0.2, -0.15) is 5.26 Å². The Labute approximate surface area is 335 Å². The number of ether oxygens (including phenoxy) is 1. The van der Waals surface area contributed by atoms with Gasteiger partial charge in [0, 0.05) is 52.7 Å². The molecule has 0 bridgehead atoms. The van der Waals surface area contributed by atoms with Crippen LogP contribution in [0.2, 0.25) is 5.02 Å². The SMILES string of the molecule is Cc1sc2c(c1C)C(c1ccc(C#CC3CCN(c4ccc(C(=O)N[C@H]5CC[C@H](Oc6ccc(C#N)c(Cl)c6)CC5)nn4)CC3)cc1)=N[C@@H](C)c1nnc(C)n1-2. The summed E-state index contributed by atoms with van der Waals surface area (Å²) in [5.74, 6) is 10.2. The summed E-state index contributed by atoms with van der Waals surface area (Å²) >= 11 is 7.92. The van der Waals surface area contributed by atoms with Crippen LogP contribution in [-0.4, -0.2) is 61.8 Å². The molecule has 0 spiro atoms. The van der Waals surface area contributed by atoms with Gasteiger partial charge in [0.1, 0.15) is 28.7 Å². The molecule has 2 fully saturated rings. The molecule has 8 rings (SSSR count). The number of amides is 1. The molecule has 2 aromatic carbocycles. The highest BCUT2D eigenvalue weighted by Gasteiger charge is 2.30. The van der Waals surface area contributed by atoms with Crippen LogP contribution in [0.3, 0.4) is 0 Å². The second-order valence-electron chi connectivity index (χ2n) is 14.8. The van der Waals surface area contributed by atoms with Crippen LogP contribution in [0, 0.1) is 49.9 Å². The monoisotopic (exact) mass is 783 g/mol. The van der Waals surface area contributed by atoms with Crippen molar-refractivity contribution < 1.29 is 9.53 Å². The van der Waals surface area contributed by atoms with E-state index < -0.39 is 0 Å². The van der Waals surface area contributed by atoms with Gasteiger partial charge in [-0.1, -0.05) is 35.6 Å². The molecular weight excluding hydrogens is 742 g/mol. The summed E-state index contributed by atoms with van der Waals surface area (Å²) in [5.41, 5.74) is 6.18.